The molecule has 5 nitrogen and oxygen atoms in total. The molecule has 1 heterocycles. The quantitative estimate of drug-likeness (QED) is 0.686. The lowest BCUT2D eigenvalue weighted by molar-refractivity contribution is -0.157. The number of hydrogen-bond donors (Lipinski definition) is 1. The molecule has 0 aliphatic carbocycles. The van der Waals surface area contributed by atoms with Crippen LogP contribution in [-0.4, -0.2) is 47.2 Å². The zero-order valence-corrected chi connectivity index (χ0v) is 12.0. The minimum Gasteiger partial charge on any atom is -0.479 e. The third kappa shape index (κ3) is 3.69. The van der Waals surface area contributed by atoms with Gasteiger partial charge in [0.2, 0.25) is 5.91 Å². The van der Waals surface area contributed by atoms with Crippen LogP contribution < -0.4 is 0 Å². The number of aliphatic carboxylic acids is 1. The molecule has 5 heteroatoms. The first-order valence-corrected chi connectivity index (χ1v) is 7.20. The van der Waals surface area contributed by atoms with Crippen molar-refractivity contribution in [2.45, 2.75) is 57.9 Å². The van der Waals surface area contributed by atoms with Crippen molar-refractivity contribution in [3.8, 4) is 0 Å². The van der Waals surface area contributed by atoms with Crippen LogP contribution in [0.25, 0.3) is 0 Å². The van der Waals surface area contributed by atoms with E-state index in [4.69, 9.17) is 4.74 Å². The molecule has 1 saturated heterocycles. The molecule has 0 saturated carbocycles. The molecule has 0 aromatic rings. The second kappa shape index (κ2) is 7.48. The van der Waals surface area contributed by atoms with Gasteiger partial charge in [0.25, 0.3) is 0 Å². The second-order valence-electron chi connectivity index (χ2n) is 5.10. The number of carbonyl (C=O) groups is 2. The lowest BCUT2D eigenvalue weighted by atomic mass is 9.90. The summed E-state index contributed by atoms with van der Waals surface area (Å²) in [5.74, 6) is -0.959. The second-order valence-corrected chi connectivity index (χ2v) is 5.10. The van der Waals surface area contributed by atoms with Gasteiger partial charge in [-0.3, -0.25) is 4.79 Å². The van der Waals surface area contributed by atoms with Crippen molar-refractivity contribution in [1.29, 1.82) is 0 Å². The number of carboxylic acid groups (broad SMARTS) is 1. The summed E-state index contributed by atoms with van der Waals surface area (Å²) in [5, 5.41) is 9.50. The van der Waals surface area contributed by atoms with Crippen LogP contribution in [0, 0.1) is 0 Å². The highest BCUT2D eigenvalue weighted by Crippen LogP contribution is 2.34. The van der Waals surface area contributed by atoms with Crippen LogP contribution in [0.15, 0.2) is 0 Å². The highest BCUT2D eigenvalue weighted by Gasteiger charge is 2.48. The normalized spacial score (nSPS) is 22.7. The van der Waals surface area contributed by atoms with Gasteiger partial charge < -0.3 is 14.7 Å². The average molecular weight is 271 g/mol. The van der Waals surface area contributed by atoms with Gasteiger partial charge in [-0.15, -0.1) is 0 Å². The van der Waals surface area contributed by atoms with Gasteiger partial charge in [0.05, 0.1) is 13.0 Å². The van der Waals surface area contributed by atoms with E-state index in [0.29, 0.717) is 32.6 Å². The molecule has 1 amide bonds. The summed E-state index contributed by atoms with van der Waals surface area (Å²) in [6.45, 7) is 5.55. The highest BCUT2D eigenvalue weighted by atomic mass is 16.5. The molecule has 0 bridgehead atoms. The van der Waals surface area contributed by atoms with Gasteiger partial charge in [-0.05, 0) is 25.7 Å². The standard InChI is InChI=1S/C14H25NO4/c1-3-7-14(13(17)18)8-5-9-15(14)12(16)6-11-19-10-4-2/h3-11H2,1-2H3,(H,17,18). The molecule has 1 unspecified atom stereocenters. The fraction of sp³-hybridized carbons (Fsp3) is 0.857. The molecular weight excluding hydrogens is 246 g/mol. The fourth-order valence-electron chi connectivity index (χ4n) is 2.79. The number of nitrogens with zero attached hydrogens (tertiary/aromatic N) is 1. The van der Waals surface area contributed by atoms with Crippen molar-refractivity contribution in [2.24, 2.45) is 0 Å². The maximum absolute atomic E-state index is 12.2. The van der Waals surface area contributed by atoms with E-state index in [0.717, 1.165) is 19.3 Å². The van der Waals surface area contributed by atoms with E-state index in [2.05, 4.69) is 0 Å². The first-order valence-electron chi connectivity index (χ1n) is 7.20. The first-order chi connectivity index (χ1) is 9.08. The molecule has 1 fully saturated rings. The number of hydrogen-bond acceptors (Lipinski definition) is 3. The summed E-state index contributed by atoms with van der Waals surface area (Å²) in [6, 6.07) is 0. The number of carbonyl (C=O) groups excluding carboxylic acids is 1. The predicted octanol–water partition coefficient (Wildman–Crippen LogP) is 2.05. The Labute approximate surface area is 114 Å². The SMILES string of the molecule is CCCOCCC(=O)N1CCCC1(CCC)C(=O)O. The summed E-state index contributed by atoms with van der Waals surface area (Å²) in [5.41, 5.74) is -0.976. The lowest BCUT2D eigenvalue weighted by Gasteiger charge is -2.34. The van der Waals surface area contributed by atoms with Crippen LogP contribution in [0.5, 0.6) is 0 Å². The summed E-state index contributed by atoms with van der Waals surface area (Å²) in [7, 11) is 0. The van der Waals surface area contributed by atoms with Crippen LogP contribution >= 0.6 is 0 Å². The molecule has 0 radical (unpaired) electrons. The van der Waals surface area contributed by atoms with E-state index in [9.17, 15) is 14.7 Å². The summed E-state index contributed by atoms with van der Waals surface area (Å²) >= 11 is 0. The summed E-state index contributed by atoms with van der Waals surface area (Å²) in [6.07, 6.45) is 3.84. The third-order valence-corrected chi connectivity index (χ3v) is 3.66. The summed E-state index contributed by atoms with van der Waals surface area (Å²) < 4.78 is 5.31. The van der Waals surface area contributed by atoms with Gasteiger partial charge in [0.1, 0.15) is 5.54 Å². The predicted molar refractivity (Wildman–Crippen MR) is 71.9 cm³/mol. The van der Waals surface area contributed by atoms with Crippen LogP contribution in [0.1, 0.15) is 52.4 Å². The smallest absolute Gasteiger partial charge is 0.329 e. The maximum Gasteiger partial charge on any atom is 0.329 e. The molecule has 19 heavy (non-hydrogen) atoms. The van der Waals surface area contributed by atoms with Crippen molar-refractivity contribution in [2.75, 3.05) is 19.8 Å². The molecular formula is C14H25NO4. The lowest BCUT2D eigenvalue weighted by Crippen LogP contribution is -2.53. The monoisotopic (exact) mass is 271 g/mol. The molecule has 1 atom stereocenters. The number of ether oxygens (including phenoxy) is 1. The number of amides is 1. The zero-order chi connectivity index (χ0) is 14.3. The molecule has 1 aliphatic heterocycles. The minimum atomic E-state index is -0.976. The van der Waals surface area contributed by atoms with E-state index in [1.165, 1.54) is 0 Å². The van der Waals surface area contributed by atoms with Crippen LogP contribution in [0.2, 0.25) is 0 Å². The molecule has 0 aromatic carbocycles. The van der Waals surface area contributed by atoms with Crippen molar-refractivity contribution in [1.82, 2.24) is 4.90 Å². The molecule has 1 rings (SSSR count). The third-order valence-electron chi connectivity index (χ3n) is 3.66. The molecule has 1 N–H and O–H groups in total. The minimum absolute atomic E-state index is 0.0931. The van der Waals surface area contributed by atoms with Crippen LogP contribution in [-0.2, 0) is 14.3 Å². The first kappa shape index (κ1) is 16.0. The topological polar surface area (TPSA) is 66.8 Å². The van der Waals surface area contributed by atoms with Gasteiger partial charge >= 0.3 is 5.97 Å². The van der Waals surface area contributed by atoms with Crippen molar-refractivity contribution < 1.29 is 19.4 Å². The van der Waals surface area contributed by atoms with Gasteiger partial charge in [-0.1, -0.05) is 20.3 Å². The summed E-state index contributed by atoms with van der Waals surface area (Å²) in [4.78, 5) is 25.3. The van der Waals surface area contributed by atoms with E-state index in [-0.39, 0.29) is 12.3 Å². The number of rotatable bonds is 8. The Balaban J connectivity index is 2.63. The van der Waals surface area contributed by atoms with Crippen LogP contribution in [0.3, 0.4) is 0 Å². The largest absolute Gasteiger partial charge is 0.479 e. The Morgan fingerprint density at radius 3 is 2.58 bits per heavy atom. The van der Waals surface area contributed by atoms with Gasteiger partial charge in [0, 0.05) is 13.2 Å². The van der Waals surface area contributed by atoms with Gasteiger partial charge in [0.15, 0.2) is 0 Å². The Bertz CT molecular complexity index is 319. The fourth-order valence-corrected chi connectivity index (χ4v) is 2.79. The molecule has 0 aromatic heterocycles. The van der Waals surface area contributed by atoms with Gasteiger partial charge in [-0.25, -0.2) is 4.79 Å². The maximum atomic E-state index is 12.2. The van der Waals surface area contributed by atoms with E-state index >= 15 is 0 Å². The van der Waals surface area contributed by atoms with Crippen molar-refractivity contribution in [3.63, 3.8) is 0 Å². The van der Waals surface area contributed by atoms with Crippen molar-refractivity contribution in [3.05, 3.63) is 0 Å². The number of carboxylic acids is 1. The zero-order valence-electron chi connectivity index (χ0n) is 12.0. The van der Waals surface area contributed by atoms with Crippen molar-refractivity contribution >= 4 is 11.9 Å². The van der Waals surface area contributed by atoms with E-state index in [1.54, 1.807) is 4.90 Å². The average Bonchev–Trinajstić information content (AvgIpc) is 2.80. The number of likely N-dealkylation sites (tertiary alicyclic amines) is 1. The Kier molecular flexibility index (Phi) is 6.28. The van der Waals surface area contributed by atoms with E-state index in [1.807, 2.05) is 13.8 Å². The van der Waals surface area contributed by atoms with Crippen LogP contribution in [0.4, 0.5) is 0 Å². The molecule has 0 spiro atoms. The Hall–Kier alpha value is -1.10. The van der Waals surface area contributed by atoms with Gasteiger partial charge in [-0.2, -0.15) is 0 Å². The molecule has 1 aliphatic rings. The van der Waals surface area contributed by atoms with E-state index < -0.39 is 11.5 Å². The highest BCUT2D eigenvalue weighted by molar-refractivity contribution is 5.87. The Morgan fingerprint density at radius 1 is 1.26 bits per heavy atom. The Morgan fingerprint density at radius 2 is 2.00 bits per heavy atom. The molecule has 110 valence electrons.